The Morgan fingerprint density at radius 1 is 1.24 bits per heavy atom. The number of rotatable bonds is 5. The van der Waals surface area contributed by atoms with Crippen molar-refractivity contribution >= 4 is 11.9 Å². The van der Waals surface area contributed by atoms with Crippen molar-refractivity contribution in [3.8, 4) is 0 Å². The lowest BCUT2D eigenvalue weighted by atomic mass is 9.93. The van der Waals surface area contributed by atoms with Gasteiger partial charge in [0.2, 0.25) is 5.91 Å². The first-order chi connectivity index (χ1) is 10.1. The number of nitrogens with zero attached hydrogens (tertiary/aromatic N) is 1. The van der Waals surface area contributed by atoms with Crippen LogP contribution in [0.1, 0.15) is 24.8 Å². The zero-order valence-electron chi connectivity index (χ0n) is 12.1. The summed E-state index contributed by atoms with van der Waals surface area (Å²) in [6, 6.07) is 9.21. The van der Waals surface area contributed by atoms with E-state index in [9.17, 15) is 9.59 Å². The first-order valence-electron chi connectivity index (χ1n) is 7.36. The molecule has 1 atom stereocenters. The Morgan fingerprint density at radius 2 is 1.86 bits per heavy atom. The van der Waals surface area contributed by atoms with E-state index in [4.69, 9.17) is 10.8 Å². The number of hydrogen-bond donors (Lipinski definition) is 2. The van der Waals surface area contributed by atoms with Crippen molar-refractivity contribution in [1.29, 1.82) is 0 Å². The molecule has 2 rings (SSSR count). The standard InChI is InChI=1S/C16H22N2O3/c17-14(10-12-4-2-1-3-5-12)16(21)18-8-6-13(7-9-18)11-15(19)20/h1-5,13-14H,6-11,17H2,(H,19,20). The first-order valence-corrected chi connectivity index (χ1v) is 7.36. The third kappa shape index (κ3) is 4.56. The monoisotopic (exact) mass is 290 g/mol. The molecule has 21 heavy (non-hydrogen) atoms. The van der Waals surface area contributed by atoms with E-state index < -0.39 is 12.0 Å². The molecule has 1 aromatic carbocycles. The van der Waals surface area contributed by atoms with Gasteiger partial charge in [-0.2, -0.15) is 0 Å². The number of amides is 1. The first kappa shape index (κ1) is 15.5. The largest absolute Gasteiger partial charge is 0.481 e. The highest BCUT2D eigenvalue weighted by molar-refractivity contribution is 5.82. The average Bonchev–Trinajstić information content (AvgIpc) is 2.47. The average molecular weight is 290 g/mol. The number of carbonyl (C=O) groups excluding carboxylic acids is 1. The molecule has 0 bridgehead atoms. The van der Waals surface area contributed by atoms with E-state index in [2.05, 4.69) is 0 Å². The molecule has 0 aromatic heterocycles. The highest BCUT2D eigenvalue weighted by Crippen LogP contribution is 2.21. The Labute approximate surface area is 124 Å². The van der Waals surface area contributed by atoms with E-state index in [1.54, 1.807) is 4.90 Å². The normalized spacial score (nSPS) is 17.5. The predicted octanol–water partition coefficient (Wildman–Crippen LogP) is 1.27. The molecule has 1 fully saturated rings. The summed E-state index contributed by atoms with van der Waals surface area (Å²) < 4.78 is 0. The highest BCUT2D eigenvalue weighted by Gasteiger charge is 2.27. The van der Waals surface area contributed by atoms with Crippen LogP contribution in [-0.2, 0) is 16.0 Å². The summed E-state index contributed by atoms with van der Waals surface area (Å²) in [6.45, 7) is 1.22. The molecule has 1 amide bonds. The van der Waals surface area contributed by atoms with Crippen molar-refractivity contribution in [3.05, 3.63) is 35.9 Å². The second kappa shape index (κ2) is 7.22. The molecule has 0 spiro atoms. The number of carboxylic acids is 1. The van der Waals surface area contributed by atoms with Crippen LogP contribution >= 0.6 is 0 Å². The minimum Gasteiger partial charge on any atom is -0.481 e. The van der Waals surface area contributed by atoms with Gasteiger partial charge in [0.05, 0.1) is 6.04 Å². The maximum absolute atomic E-state index is 12.3. The number of benzene rings is 1. The van der Waals surface area contributed by atoms with Gasteiger partial charge in [-0.15, -0.1) is 0 Å². The van der Waals surface area contributed by atoms with Crippen LogP contribution in [0.25, 0.3) is 0 Å². The van der Waals surface area contributed by atoms with Crippen molar-refractivity contribution in [2.24, 2.45) is 11.7 Å². The van der Waals surface area contributed by atoms with Gasteiger partial charge >= 0.3 is 5.97 Å². The van der Waals surface area contributed by atoms with Crippen molar-refractivity contribution < 1.29 is 14.7 Å². The van der Waals surface area contributed by atoms with Crippen molar-refractivity contribution in [3.63, 3.8) is 0 Å². The number of carboxylic acid groups (broad SMARTS) is 1. The van der Waals surface area contributed by atoms with Gasteiger partial charge in [-0.25, -0.2) is 0 Å². The summed E-state index contributed by atoms with van der Waals surface area (Å²) in [5.74, 6) is -0.620. The molecule has 1 unspecified atom stereocenters. The topological polar surface area (TPSA) is 83.6 Å². The lowest BCUT2D eigenvalue weighted by Crippen LogP contribution is -2.48. The molecule has 0 saturated carbocycles. The number of likely N-dealkylation sites (tertiary alicyclic amines) is 1. The minimum atomic E-state index is -0.763. The fraction of sp³-hybridized carbons (Fsp3) is 0.500. The number of piperidine rings is 1. The van der Waals surface area contributed by atoms with Crippen molar-refractivity contribution in [1.82, 2.24) is 4.90 Å². The van der Waals surface area contributed by atoms with E-state index >= 15 is 0 Å². The van der Waals surface area contributed by atoms with E-state index in [-0.39, 0.29) is 18.2 Å². The Balaban J connectivity index is 1.82. The lowest BCUT2D eigenvalue weighted by Gasteiger charge is -2.33. The Hall–Kier alpha value is -1.88. The Kier molecular flexibility index (Phi) is 5.33. The second-order valence-corrected chi connectivity index (χ2v) is 5.66. The van der Waals surface area contributed by atoms with Crippen LogP contribution < -0.4 is 5.73 Å². The van der Waals surface area contributed by atoms with Gasteiger partial charge in [-0.1, -0.05) is 30.3 Å². The predicted molar refractivity (Wildman–Crippen MR) is 79.7 cm³/mol. The number of nitrogens with two attached hydrogens (primary N) is 1. The summed E-state index contributed by atoms with van der Waals surface area (Å²) in [4.78, 5) is 24.8. The number of aliphatic carboxylic acids is 1. The van der Waals surface area contributed by atoms with Gasteiger partial charge in [-0.3, -0.25) is 9.59 Å². The Bertz CT molecular complexity index is 482. The summed E-state index contributed by atoms with van der Waals surface area (Å²) in [5, 5.41) is 8.79. The van der Waals surface area contributed by atoms with Gasteiger partial charge < -0.3 is 15.7 Å². The van der Waals surface area contributed by atoms with Crippen LogP contribution in [0.4, 0.5) is 0 Å². The zero-order chi connectivity index (χ0) is 15.2. The maximum atomic E-state index is 12.3. The zero-order valence-corrected chi connectivity index (χ0v) is 12.1. The fourth-order valence-electron chi connectivity index (χ4n) is 2.79. The van der Waals surface area contributed by atoms with Gasteiger partial charge in [-0.05, 0) is 30.7 Å². The molecule has 5 nitrogen and oxygen atoms in total. The second-order valence-electron chi connectivity index (χ2n) is 5.66. The molecule has 114 valence electrons. The lowest BCUT2D eigenvalue weighted by molar-refractivity contribution is -0.138. The summed E-state index contributed by atoms with van der Waals surface area (Å²) in [6.07, 6.45) is 2.22. The molecule has 1 aliphatic rings. The number of carbonyl (C=O) groups is 2. The summed E-state index contributed by atoms with van der Waals surface area (Å²) in [7, 11) is 0. The maximum Gasteiger partial charge on any atom is 0.303 e. The molecule has 1 aromatic rings. The third-order valence-electron chi connectivity index (χ3n) is 4.01. The molecule has 0 radical (unpaired) electrons. The van der Waals surface area contributed by atoms with E-state index in [1.807, 2.05) is 30.3 Å². The molecule has 1 aliphatic heterocycles. The molecular formula is C16H22N2O3. The molecule has 5 heteroatoms. The molecule has 1 heterocycles. The van der Waals surface area contributed by atoms with Crippen molar-refractivity contribution in [2.75, 3.05) is 13.1 Å². The Morgan fingerprint density at radius 3 is 2.43 bits per heavy atom. The molecule has 3 N–H and O–H groups in total. The molecule has 1 saturated heterocycles. The van der Waals surface area contributed by atoms with Crippen LogP contribution in [-0.4, -0.2) is 41.0 Å². The van der Waals surface area contributed by atoms with Gasteiger partial charge in [0, 0.05) is 19.5 Å². The number of hydrogen-bond acceptors (Lipinski definition) is 3. The van der Waals surface area contributed by atoms with Crippen molar-refractivity contribution in [2.45, 2.75) is 31.7 Å². The van der Waals surface area contributed by atoms with Gasteiger partial charge in [0.25, 0.3) is 0 Å². The van der Waals surface area contributed by atoms with Crippen LogP contribution in [0.2, 0.25) is 0 Å². The molecular weight excluding hydrogens is 268 g/mol. The minimum absolute atomic E-state index is 0.0346. The third-order valence-corrected chi connectivity index (χ3v) is 4.01. The van der Waals surface area contributed by atoms with Crippen LogP contribution in [0.15, 0.2) is 30.3 Å². The van der Waals surface area contributed by atoms with E-state index in [0.717, 1.165) is 18.4 Å². The fourth-order valence-corrected chi connectivity index (χ4v) is 2.79. The van der Waals surface area contributed by atoms with Gasteiger partial charge in [0.15, 0.2) is 0 Å². The quantitative estimate of drug-likeness (QED) is 0.855. The SMILES string of the molecule is NC(Cc1ccccc1)C(=O)N1CCC(CC(=O)O)CC1. The smallest absolute Gasteiger partial charge is 0.303 e. The summed E-state index contributed by atoms with van der Waals surface area (Å²) >= 11 is 0. The van der Waals surface area contributed by atoms with Crippen LogP contribution in [0, 0.1) is 5.92 Å². The molecule has 0 aliphatic carbocycles. The van der Waals surface area contributed by atoms with Crippen LogP contribution in [0.3, 0.4) is 0 Å². The van der Waals surface area contributed by atoms with Crippen LogP contribution in [0.5, 0.6) is 0 Å². The summed E-state index contributed by atoms with van der Waals surface area (Å²) in [5.41, 5.74) is 7.06. The van der Waals surface area contributed by atoms with E-state index in [0.29, 0.717) is 19.5 Å². The van der Waals surface area contributed by atoms with E-state index in [1.165, 1.54) is 0 Å². The highest BCUT2D eigenvalue weighted by atomic mass is 16.4. The van der Waals surface area contributed by atoms with Gasteiger partial charge in [0.1, 0.15) is 0 Å².